The number of hydrogen-bond acceptors (Lipinski definition) is 4. The third kappa shape index (κ3) is 3.66. The Morgan fingerprint density at radius 3 is 2.72 bits per heavy atom. The minimum atomic E-state index is -1.01. The molecular formula is C12H18N2O4. The number of aryl methyl sites for hydroxylation is 2. The number of rotatable bonds is 6. The molecular weight excluding hydrogens is 236 g/mol. The lowest BCUT2D eigenvalue weighted by molar-refractivity contribution is -0.150. The van der Waals surface area contributed by atoms with Crippen molar-refractivity contribution in [3.63, 3.8) is 0 Å². The summed E-state index contributed by atoms with van der Waals surface area (Å²) in [6.45, 7) is 5.83. The van der Waals surface area contributed by atoms with E-state index < -0.39 is 12.1 Å². The Kier molecular flexibility index (Phi) is 5.03. The second-order valence-corrected chi connectivity index (χ2v) is 4.01. The largest absolute Gasteiger partial charge is 0.479 e. The summed E-state index contributed by atoms with van der Waals surface area (Å²) in [4.78, 5) is 26.8. The average molecular weight is 254 g/mol. The van der Waals surface area contributed by atoms with Crippen LogP contribution in [0, 0.1) is 13.8 Å². The van der Waals surface area contributed by atoms with E-state index in [0.29, 0.717) is 18.1 Å². The SMILES string of the molecule is CCOC(CCn1c(C)nc(C)cc1=O)C(=O)O. The molecule has 0 amide bonds. The van der Waals surface area contributed by atoms with E-state index in [-0.39, 0.29) is 18.5 Å². The molecule has 0 spiro atoms. The van der Waals surface area contributed by atoms with Gasteiger partial charge in [-0.15, -0.1) is 0 Å². The van der Waals surface area contributed by atoms with Gasteiger partial charge < -0.3 is 9.84 Å². The summed E-state index contributed by atoms with van der Waals surface area (Å²) in [6.07, 6.45) is -0.642. The van der Waals surface area contributed by atoms with Crippen LogP contribution >= 0.6 is 0 Å². The van der Waals surface area contributed by atoms with Crippen LogP contribution < -0.4 is 5.56 Å². The van der Waals surface area contributed by atoms with Crippen molar-refractivity contribution in [3.8, 4) is 0 Å². The van der Waals surface area contributed by atoms with Crippen LogP contribution in [0.15, 0.2) is 10.9 Å². The van der Waals surface area contributed by atoms with Gasteiger partial charge >= 0.3 is 5.97 Å². The Labute approximate surface area is 105 Å². The van der Waals surface area contributed by atoms with Gasteiger partial charge in [0.2, 0.25) is 0 Å². The molecule has 1 rings (SSSR count). The number of ether oxygens (including phenoxy) is 1. The van der Waals surface area contributed by atoms with Gasteiger partial charge in [-0.25, -0.2) is 9.78 Å². The van der Waals surface area contributed by atoms with Gasteiger partial charge in [-0.3, -0.25) is 9.36 Å². The second kappa shape index (κ2) is 6.30. The van der Waals surface area contributed by atoms with Crippen LogP contribution in [0.1, 0.15) is 24.9 Å². The predicted molar refractivity (Wildman–Crippen MR) is 65.6 cm³/mol. The van der Waals surface area contributed by atoms with E-state index in [4.69, 9.17) is 9.84 Å². The van der Waals surface area contributed by atoms with Crippen molar-refractivity contribution >= 4 is 5.97 Å². The first-order valence-electron chi connectivity index (χ1n) is 5.85. The topological polar surface area (TPSA) is 81.4 Å². The summed E-state index contributed by atoms with van der Waals surface area (Å²) in [7, 11) is 0. The Morgan fingerprint density at radius 1 is 1.56 bits per heavy atom. The molecule has 0 fully saturated rings. The highest BCUT2D eigenvalue weighted by atomic mass is 16.5. The van der Waals surface area contributed by atoms with Crippen LogP contribution in [0.3, 0.4) is 0 Å². The molecule has 0 aliphatic carbocycles. The molecule has 6 nitrogen and oxygen atoms in total. The number of aromatic nitrogens is 2. The lowest BCUT2D eigenvalue weighted by Crippen LogP contribution is -2.30. The Bertz CT molecular complexity index is 481. The number of aliphatic carboxylic acids is 1. The summed E-state index contributed by atoms with van der Waals surface area (Å²) < 4.78 is 6.55. The fourth-order valence-corrected chi connectivity index (χ4v) is 1.76. The molecule has 1 aromatic heterocycles. The average Bonchev–Trinajstić information content (AvgIpc) is 2.25. The van der Waals surface area contributed by atoms with Crippen LogP contribution in [0.5, 0.6) is 0 Å². The minimum absolute atomic E-state index is 0.166. The van der Waals surface area contributed by atoms with Gasteiger partial charge in [-0.2, -0.15) is 0 Å². The zero-order valence-corrected chi connectivity index (χ0v) is 10.8. The van der Waals surface area contributed by atoms with E-state index in [9.17, 15) is 9.59 Å². The number of hydrogen-bond donors (Lipinski definition) is 1. The van der Waals surface area contributed by atoms with E-state index in [1.54, 1.807) is 20.8 Å². The molecule has 0 saturated carbocycles. The second-order valence-electron chi connectivity index (χ2n) is 4.01. The standard InChI is InChI=1S/C12H18N2O4/c1-4-18-10(12(16)17)5-6-14-9(3)13-8(2)7-11(14)15/h7,10H,4-6H2,1-3H3,(H,16,17). The molecule has 0 bridgehead atoms. The zero-order chi connectivity index (χ0) is 13.7. The van der Waals surface area contributed by atoms with Crippen molar-refractivity contribution in [2.45, 2.75) is 39.8 Å². The summed E-state index contributed by atoms with van der Waals surface area (Å²) in [5.41, 5.74) is 0.494. The summed E-state index contributed by atoms with van der Waals surface area (Å²) >= 11 is 0. The first kappa shape index (κ1) is 14.4. The molecule has 1 aromatic rings. The normalized spacial score (nSPS) is 12.4. The fraction of sp³-hybridized carbons (Fsp3) is 0.583. The van der Waals surface area contributed by atoms with Crippen molar-refractivity contribution in [3.05, 3.63) is 27.9 Å². The lowest BCUT2D eigenvalue weighted by Gasteiger charge is -2.14. The van der Waals surface area contributed by atoms with Gasteiger partial charge in [-0.1, -0.05) is 0 Å². The highest BCUT2D eigenvalue weighted by Gasteiger charge is 2.17. The van der Waals surface area contributed by atoms with Gasteiger partial charge in [0.1, 0.15) is 5.82 Å². The Balaban J connectivity index is 2.79. The smallest absolute Gasteiger partial charge is 0.332 e. The molecule has 1 heterocycles. The molecule has 0 aliphatic rings. The van der Waals surface area contributed by atoms with Crippen LogP contribution in [-0.2, 0) is 16.1 Å². The van der Waals surface area contributed by atoms with Crippen molar-refractivity contribution in [2.75, 3.05) is 6.61 Å². The highest BCUT2D eigenvalue weighted by molar-refractivity contribution is 5.72. The number of nitrogens with zero attached hydrogens (tertiary/aromatic N) is 2. The zero-order valence-electron chi connectivity index (χ0n) is 10.8. The van der Waals surface area contributed by atoms with Gasteiger partial charge in [0, 0.05) is 31.3 Å². The van der Waals surface area contributed by atoms with Gasteiger partial charge in [0.15, 0.2) is 6.10 Å². The van der Waals surface area contributed by atoms with E-state index in [0.717, 1.165) is 0 Å². The molecule has 0 saturated heterocycles. The summed E-state index contributed by atoms with van der Waals surface area (Å²) in [5.74, 6) is -0.428. The first-order chi connectivity index (χ1) is 8.45. The van der Waals surface area contributed by atoms with E-state index in [1.165, 1.54) is 10.6 Å². The Hall–Kier alpha value is -1.69. The van der Waals surface area contributed by atoms with Crippen LogP contribution in [-0.4, -0.2) is 33.3 Å². The molecule has 6 heteroatoms. The molecule has 18 heavy (non-hydrogen) atoms. The van der Waals surface area contributed by atoms with E-state index >= 15 is 0 Å². The fourth-order valence-electron chi connectivity index (χ4n) is 1.76. The molecule has 1 N–H and O–H groups in total. The van der Waals surface area contributed by atoms with Gasteiger partial charge in [0.25, 0.3) is 5.56 Å². The van der Waals surface area contributed by atoms with Crippen LogP contribution in [0.25, 0.3) is 0 Å². The van der Waals surface area contributed by atoms with Crippen molar-refractivity contribution < 1.29 is 14.6 Å². The monoisotopic (exact) mass is 254 g/mol. The predicted octanol–water partition coefficient (Wildman–Crippen LogP) is 0.740. The molecule has 1 unspecified atom stereocenters. The maximum absolute atomic E-state index is 11.7. The third-order valence-corrected chi connectivity index (χ3v) is 2.59. The third-order valence-electron chi connectivity index (χ3n) is 2.59. The van der Waals surface area contributed by atoms with Crippen molar-refractivity contribution in [1.82, 2.24) is 9.55 Å². The van der Waals surface area contributed by atoms with E-state index in [2.05, 4.69) is 4.98 Å². The maximum Gasteiger partial charge on any atom is 0.332 e. The van der Waals surface area contributed by atoms with E-state index in [1.807, 2.05) is 0 Å². The van der Waals surface area contributed by atoms with Crippen LogP contribution in [0.2, 0.25) is 0 Å². The highest BCUT2D eigenvalue weighted by Crippen LogP contribution is 2.03. The number of carboxylic acids is 1. The van der Waals surface area contributed by atoms with Crippen molar-refractivity contribution in [2.24, 2.45) is 0 Å². The molecule has 0 radical (unpaired) electrons. The van der Waals surface area contributed by atoms with Crippen molar-refractivity contribution in [1.29, 1.82) is 0 Å². The lowest BCUT2D eigenvalue weighted by atomic mass is 10.2. The van der Waals surface area contributed by atoms with Crippen LogP contribution in [0.4, 0.5) is 0 Å². The molecule has 0 aliphatic heterocycles. The number of carbonyl (C=O) groups is 1. The van der Waals surface area contributed by atoms with Gasteiger partial charge in [0.05, 0.1) is 0 Å². The molecule has 0 aromatic carbocycles. The first-order valence-corrected chi connectivity index (χ1v) is 5.85. The Morgan fingerprint density at radius 2 is 2.22 bits per heavy atom. The van der Waals surface area contributed by atoms with Gasteiger partial charge in [-0.05, 0) is 20.8 Å². The quantitative estimate of drug-likeness (QED) is 0.809. The minimum Gasteiger partial charge on any atom is -0.479 e. The molecule has 1 atom stereocenters. The summed E-state index contributed by atoms with van der Waals surface area (Å²) in [6, 6.07) is 1.43. The maximum atomic E-state index is 11.7. The summed E-state index contributed by atoms with van der Waals surface area (Å²) in [5, 5.41) is 8.94. The number of carboxylic acid groups (broad SMARTS) is 1. The molecule has 100 valence electrons.